The van der Waals surface area contributed by atoms with Crippen LogP contribution >= 0.6 is 0 Å². The molecule has 1 amide bonds. The van der Waals surface area contributed by atoms with Gasteiger partial charge in [-0.3, -0.25) is 4.79 Å². The van der Waals surface area contributed by atoms with Crippen molar-refractivity contribution in [3.63, 3.8) is 0 Å². The van der Waals surface area contributed by atoms with Crippen LogP contribution in [0.25, 0.3) is 11.1 Å². The van der Waals surface area contributed by atoms with E-state index in [1.54, 1.807) is 6.92 Å². The summed E-state index contributed by atoms with van der Waals surface area (Å²) in [5.74, 6) is -2.70. The molecule has 1 aromatic heterocycles. The third kappa shape index (κ3) is 3.00. The number of carbonyl (C=O) groups excluding carboxylic acids is 1. The highest BCUT2D eigenvalue weighted by molar-refractivity contribution is 5.93. The van der Waals surface area contributed by atoms with Gasteiger partial charge in [0.05, 0.1) is 0 Å². The Balaban J connectivity index is 2.20. The maximum Gasteiger partial charge on any atom is 0.277 e. The molecule has 2 aromatic rings. The fourth-order valence-electron chi connectivity index (χ4n) is 3.09. The van der Waals surface area contributed by atoms with E-state index in [0.717, 1.165) is 6.07 Å². The highest BCUT2D eigenvalue weighted by Crippen LogP contribution is 2.42. The van der Waals surface area contributed by atoms with Crippen LogP contribution in [0.3, 0.4) is 0 Å². The minimum Gasteiger partial charge on any atom is -0.465 e. The molecule has 0 bridgehead atoms. The first-order chi connectivity index (χ1) is 12.3. The van der Waals surface area contributed by atoms with E-state index in [1.165, 1.54) is 12.1 Å². The molecule has 4 nitrogen and oxygen atoms in total. The van der Waals surface area contributed by atoms with E-state index in [1.807, 2.05) is 0 Å². The first-order valence-electron chi connectivity index (χ1n) is 8.03. The molecule has 26 heavy (non-hydrogen) atoms. The standard InChI is InChI=1S/C18H16F4N2O2/c1-2-18(17(21)22)6-5-11-12(10-4-3-9(19)7-13(10)20)8-14(15(23)25)24-16(11)26-18/h3-4,7-8,17H,2,5-6H2,1H3,(H2,23,25). The number of pyridine rings is 1. The van der Waals surface area contributed by atoms with E-state index in [0.29, 0.717) is 11.6 Å². The van der Waals surface area contributed by atoms with Crippen molar-refractivity contribution in [3.05, 3.63) is 47.2 Å². The van der Waals surface area contributed by atoms with E-state index in [2.05, 4.69) is 4.98 Å². The molecule has 1 unspecified atom stereocenters. The minimum atomic E-state index is -2.76. The first-order valence-corrected chi connectivity index (χ1v) is 8.03. The zero-order chi connectivity index (χ0) is 19.1. The number of benzene rings is 1. The van der Waals surface area contributed by atoms with Gasteiger partial charge in [0.25, 0.3) is 12.3 Å². The van der Waals surface area contributed by atoms with Crippen LogP contribution in [0.1, 0.15) is 35.8 Å². The number of primary amides is 1. The zero-order valence-electron chi connectivity index (χ0n) is 13.9. The van der Waals surface area contributed by atoms with Crippen LogP contribution in [0.5, 0.6) is 5.88 Å². The van der Waals surface area contributed by atoms with Crippen LogP contribution in [0.4, 0.5) is 17.6 Å². The monoisotopic (exact) mass is 368 g/mol. The summed E-state index contributed by atoms with van der Waals surface area (Å²) in [6, 6.07) is 4.24. The van der Waals surface area contributed by atoms with Gasteiger partial charge in [0.2, 0.25) is 5.88 Å². The first kappa shape index (κ1) is 18.2. The lowest BCUT2D eigenvalue weighted by Gasteiger charge is -2.37. The Morgan fingerprint density at radius 1 is 1.31 bits per heavy atom. The number of hydrogen-bond donors (Lipinski definition) is 1. The average molecular weight is 368 g/mol. The highest BCUT2D eigenvalue weighted by Gasteiger charge is 2.45. The lowest BCUT2D eigenvalue weighted by Crippen LogP contribution is -2.46. The number of nitrogens with two attached hydrogens (primary N) is 1. The van der Waals surface area contributed by atoms with E-state index < -0.39 is 29.6 Å². The normalized spacial score (nSPS) is 19.2. The fourth-order valence-corrected chi connectivity index (χ4v) is 3.09. The van der Waals surface area contributed by atoms with Gasteiger partial charge in [0.1, 0.15) is 17.3 Å². The summed E-state index contributed by atoms with van der Waals surface area (Å²) in [4.78, 5) is 15.5. The summed E-state index contributed by atoms with van der Waals surface area (Å²) < 4.78 is 60.0. The van der Waals surface area contributed by atoms with Gasteiger partial charge < -0.3 is 10.5 Å². The molecule has 3 rings (SSSR count). The van der Waals surface area contributed by atoms with Gasteiger partial charge in [-0.05, 0) is 43.0 Å². The molecule has 0 saturated heterocycles. The number of hydrogen-bond acceptors (Lipinski definition) is 3. The lowest BCUT2D eigenvalue weighted by molar-refractivity contribution is -0.0929. The zero-order valence-corrected chi connectivity index (χ0v) is 13.9. The van der Waals surface area contributed by atoms with Crippen molar-refractivity contribution in [3.8, 4) is 17.0 Å². The van der Waals surface area contributed by atoms with Crippen LogP contribution in [0.15, 0.2) is 24.3 Å². The molecule has 0 radical (unpaired) electrons. The molecule has 2 N–H and O–H groups in total. The Morgan fingerprint density at radius 2 is 2.04 bits per heavy atom. The molecule has 0 spiro atoms. The number of ether oxygens (including phenoxy) is 1. The quantitative estimate of drug-likeness (QED) is 0.834. The molecule has 8 heteroatoms. The predicted molar refractivity (Wildman–Crippen MR) is 86.1 cm³/mol. The van der Waals surface area contributed by atoms with Gasteiger partial charge in [-0.15, -0.1) is 0 Å². The summed E-state index contributed by atoms with van der Waals surface area (Å²) in [6.07, 6.45) is -2.58. The Bertz CT molecular complexity index is 873. The highest BCUT2D eigenvalue weighted by atomic mass is 19.3. The van der Waals surface area contributed by atoms with Crippen molar-refractivity contribution < 1.29 is 27.1 Å². The molecule has 138 valence electrons. The lowest BCUT2D eigenvalue weighted by atomic mass is 9.87. The smallest absolute Gasteiger partial charge is 0.277 e. The van der Waals surface area contributed by atoms with Gasteiger partial charge in [-0.25, -0.2) is 22.5 Å². The SMILES string of the molecule is CCC1(C(F)F)CCc2c(-c3ccc(F)cc3F)cc(C(N)=O)nc2O1. The predicted octanol–water partition coefficient (Wildman–Crippen LogP) is 3.86. The summed E-state index contributed by atoms with van der Waals surface area (Å²) >= 11 is 0. The molecule has 0 saturated carbocycles. The molecular weight excluding hydrogens is 352 g/mol. The Hall–Kier alpha value is -2.64. The van der Waals surface area contributed by atoms with Gasteiger partial charge in [0, 0.05) is 17.2 Å². The van der Waals surface area contributed by atoms with Crippen LogP contribution in [-0.4, -0.2) is 22.9 Å². The average Bonchev–Trinajstić information content (AvgIpc) is 2.60. The molecule has 2 heterocycles. The van der Waals surface area contributed by atoms with Gasteiger partial charge in [-0.2, -0.15) is 0 Å². The topological polar surface area (TPSA) is 65.2 Å². The fraction of sp³-hybridized carbons (Fsp3) is 0.333. The minimum absolute atomic E-state index is 0.00157. The number of alkyl halides is 2. The van der Waals surface area contributed by atoms with Crippen molar-refractivity contribution in [2.24, 2.45) is 5.73 Å². The summed E-state index contributed by atoms with van der Waals surface area (Å²) in [5, 5.41) is 0. The van der Waals surface area contributed by atoms with E-state index in [-0.39, 0.29) is 42.0 Å². The summed E-state index contributed by atoms with van der Waals surface area (Å²) in [6.45, 7) is 1.57. The summed E-state index contributed by atoms with van der Waals surface area (Å²) in [5.41, 5.74) is 3.90. The van der Waals surface area contributed by atoms with Crippen molar-refractivity contribution in [1.29, 1.82) is 0 Å². The number of halogens is 4. The Kier molecular flexibility index (Phi) is 4.60. The van der Waals surface area contributed by atoms with Gasteiger partial charge >= 0.3 is 0 Å². The third-order valence-electron chi connectivity index (χ3n) is 4.65. The van der Waals surface area contributed by atoms with Crippen LogP contribution in [-0.2, 0) is 6.42 Å². The molecule has 0 aliphatic carbocycles. The van der Waals surface area contributed by atoms with Crippen molar-refractivity contribution >= 4 is 5.91 Å². The summed E-state index contributed by atoms with van der Waals surface area (Å²) in [7, 11) is 0. The van der Waals surface area contributed by atoms with Gasteiger partial charge in [-0.1, -0.05) is 6.92 Å². The number of carbonyl (C=O) groups is 1. The van der Waals surface area contributed by atoms with Crippen LogP contribution in [0.2, 0.25) is 0 Å². The number of nitrogens with zero attached hydrogens (tertiary/aromatic N) is 1. The second-order valence-corrected chi connectivity index (χ2v) is 6.15. The van der Waals surface area contributed by atoms with E-state index in [9.17, 15) is 22.4 Å². The number of aromatic nitrogens is 1. The molecule has 1 aliphatic rings. The van der Waals surface area contributed by atoms with Crippen molar-refractivity contribution in [1.82, 2.24) is 4.98 Å². The maximum atomic E-state index is 14.2. The molecule has 1 aromatic carbocycles. The van der Waals surface area contributed by atoms with Gasteiger partial charge in [0.15, 0.2) is 5.60 Å². The Morgan fingerprint density at radius 3 is 2.62 bits per heavy atom. The van der Waals surface area contributed by atoms with Crippen LogP contribution in [0, 0.1) is 11.6 Å². The third-order valence-corrected chi connectivity index (χ3v) is 4.65. The van der Waals surface area contributed by atoms with Crippen molar-refractivity contribution in [2.45, 2.75) is 38.2 Å². The maximum absolute atomic E-state index is 14.2. The number of fused-ring (bicyclic) bond motifs is 1. The molecule has 1 aliphatic heterocycles. The second-order valence-electron chi connectivity index (χ2n) is 6.15. The second kappa shape index (κ2) is 6.59. The van der Waals surface area contributed by atoms with Crippen LogP contribution < -0.4 is 10.5 Å². The Labute approximate surface area is 147 Å². The number of amides is 1. The largest absolute Gasteiger partial charge is 0.465 e. The molecule has 0 fully saturated rings. The molecule has 1 atom stereocenters. The van der Waals surface area contributed by atoms with E-state index >= 15 is 0 Å². The van der Waals surface area contributed by atoms with Crippen molar-refractivity contribution in [2.75, 3.05) is 0 Å². The molecular formula is C18H16F4N2O2. The number of rotatable bonds is 4. The van der Waals surface area contributed by atoms with E-state index in [4.69, 9.17) is 10.5 Å².